The number of nitrogens with one attached hydrogen (secondary N) is 1. The summed E-state index contributed by atoms with van der Waals surface area (Å²) < 4.78 is 5.62. The molecule has 2 atom stereocenters. The zero-order valence-electron chi connectivity index (χ0n) is 11.1. The fourth-order valence-corrected chi connectivity index (χ4v) is 2.25. The molecule has 0 aliphatic carbocycles. The topological polar surface area (TPSA) is 41.6 Å². The zero-order chi connectivity index (χ0) is 13.1. The van der Waals surface area contributed by atoms with Crippen LogP contribution in [0.25, 0.3) is 0 Å². The molecule has 0 spiro atoms. The number of para-hydroxylation sites is 1. The van der Waals surface area contributed by atoms with Crippen LogP contribution in [0.5, 0.6) is 0 Å². The van der Waals surface area contributed by atoms with Crippen molar-refractivity contribution in [3.63, 3.8) is 0 Å². The Morgan fingerprint density at radius 2 is 1.89 bits per heavy atom. The summed E-state index contributed by atoms with van der Waals surface area (Å²) >= 11 is 0. The SMILES string of the molecule is Cc1ccccc1NC(=O)N1C[C@H](C)O[C@@H](C)C1. The first-order valence-electron chi connectivity index (χ1n) is 6.33. The van der Waals surface area contributed by atoms with Crippen molar-refractivity contribution < 1.29 is 9.53 Å². The molecule has 1 fully saturated rings. The Kier molecular flexibility index (Phi) is 3.87. The highest BCUT2D eigenvalue weighted by Crippen LogP contribution is 2.16. The Morgan fingerprint density at radius 1 is 1.28 bits per heavy atom. The molecule has 0 aromatic heterocycles. The molecule has 1 saturated heterocycles. The van der Waals surface area contributed by atoms with Gasteiger partial charge in [-0.2, -0.15) is 0 Å². The highest BCUT2D eigenvalue weighted by molar-refractivity contribution is 5.90. The standard InChI is InChI=1S/C14H20N2O2/c1-10-6-4-5-7-13(10)15-14(17)16-8-11(2)18-12(3)9-16/h4-7,11-12H,8-9H2,1-3H3,(H,15,17)/t11-,12-/m0/s1. The summed E-state index contributed by atoms with van der Waals surface area (Å²) in [5, 5.41) is 2.95. The molecule has 2 rings (SSSR count). The predicted molar refractivity (Wildman–Crippen MR) is 71.8 cm³/mol. The Balaban J connectivity index is 2.02. The summed E-state index contributed by atoms with van der Waals surface area (Å²) in [4.78, 5) is 14.0. The maximum atomic E-state index is 12.2. The van der Waals surface area contributed by atoms with E-state index in [2.05, 4.69) is 5.32 Å². The van der Waals surface area contributed by atoms with Gasteiger partial charge in [0, 0.05) is 18.8 Å². The van der Waals surface area contributed by atoms with Gasteiger partial charge in [0.25, 0.3) is 0 Å². The van der Waals surface area contributed by atoms with Crippen LogP contribution in [-0.2, 0) is 4.74 Å². The van der Waals surface area contributed by atoms with Crippen LogP contribution in [0, 0.1) is 6.92 Å². The maximum absolute atomic E-state index is 12.2. The highest BCUT2D eigenvalue weighted by Gasteiger charge is 2.25. The monoisotopic (exact) mass is 248 g/mol. The Labute approximate surface area is 108 Å². The van der Waals surface area contributed by atoms with Crippen molar-refractivity contribution in [1.82, 2.24) is 4.90 Å². The number of ether oxygens (including phenoxy) is 1. The molecule has 1 N–H and O–H groups in total. The van der Waals surface area contributed by atoms with Crippen LogP contribution in [0.2, 0.25) is 0 Å². The van der Waals surface area contributed by atoms with Crippen LogP contribution in [0.1, 0.15) is 19.4 Å². The van der Waals surface area contributed by atoms with E-state index in [9.17, 15) is 4.79 Å². The second-order valence-electron chi connectivity index (χ2n) is 4.91. The molecule has 4 nitrogen and oxygen atoms in total. The predicted octanol–water partition coefficient (Wildman–Crippen LogP) is 2.64. The van der Waals surface area contributed by atoms with E-state index in [0.29, 0.717) is 13.1 Å². The molecule has 4 heteroatoms. The molecule has 0 radical (unpaired) electrons. The second-order valence-corrected chi connectivity index (χ2v) is 4.91. The molecule has 1 aromatic rings. The smallest absolute Gasteiger partial charge is 0.322 e. The lowest BCUT2D eigenvalue weighted by atomic mass is 10.2. The number of aryl methyl sites for hydroxylation is 1. The van der Waals surface area contributed by atoms with Gasteiger partial charge in [0.15, 0.2) is 0 Å². The van der Waals surface area contributed by atoms with Crippen molar-refractivity contribution in [2.24, 2.45) is 0 Å². The van der Waals surface area contributed by atoms with Crippen LogP contribution in [0.3, 0.4) is 0 Å². The minimum Gasteiger partial charge on any atom is -0.372 e. The van der Waals surface area contributed by atoms with Gasteiger partial charge < -0.3 is 15.0 Å². The minimum atomic E-state index is -0.0497. The van der Waals surface area contributed by atoms with Crippen LogP contribution < -0.4 is 5.32 Å². The van der Waals surface area contributed by atoms with Crippen molar-refractivity contribution in [2.75, 3.05) is 18.4 Å². The van der Waals surface area contributed by atoms with Crippen molar-refractivity contribution in [1.29, 1.82) is 0 Å². The third-order valence-corrected chi connectivity index (χ3v) is 3.09. The Morgan fingerprint density at radius 3 is 2.50 bits per heavy atom. The van der Waals surface area contributed by atoms with Crippen LogP contribution in [-0.4, -0.2) is 36.2 Å². The van der Waals surface area contributed by atoms with Gasteiger partial charge in [-0.25, -0.2) is 4.79 Å². The second kappa shape index (κ2) is 5.40. The van der Waals surface area contributed by atoms with Gasteiger partial charge in [0.1, 0.15) is 0 Å². The fraction of sp³-hybridized carbons (Fsp3) is 0.500. The summed E-state index contributed by atoms with van der Waals surface area (Å²) in [6, 6.07) is 7.74. The summed E-state index contributed by atoms with van der Waals surface area (Å²) in [5.41, 5.74) is 1.94. The van der Waals surface area contributed by atoms with E-state index < -0.39 is 0 Å². The fourth-order valence-electron chi connectivity index (χ4n) is 2.25. The van der Waals surface area contributed by atoms with Crippen molar-refractivity contribution >= 4 is 11.7 Å². The highest BCUT2D eigenvalue weighted by atomic mass is 16.5. The molecule has 0 unspecified atom stereocenters. The molecular formula is C14H20N2O2. The lowest BCUT2D eigenvalue weighted by Gasteiger charge is -2.35. The number of urea groups is 1. The van der Waals surface area contributed by atoms with E-state index in [-0.39, 0.29) is 18.2 Å². The number of hydrogen-bond acceptors (Lipinski definition) is 2. The van der Waals surface area contributed by atoms with Gasteiger partial charge in [-0.1, -0.05) is 18.2 Å². The van der Waals surface area contributed by atoms with Gasteiger partial charge in [-0.3, -0.25) is 0 Å². The van der Waals surface area contributed by atoms with Gasteiger partial charge in [0.2, 0.25) is 0 Å². The molecule has 98 valence electrons. The average Bonchev–Trinajstić information content (AvgIpc) is 2.31. The average molecular weight is 248 g/mol. The van der Waals surface area contributed by atoms with Crippen LogP contribution in [0.4, 0.5) is 10.5 Å². The van der Waals surface area contributed by atoms with E-state index in [1.165, 1.54) is 0 Å². The third-order valence-electron chi connectivity index (χ3n) is 3.09. The number of rotatable bonds is 1. The molecule has 18 heavy (non-hydrogen) atoms. The normalized spacial score (nSPS) is 23.8. The number of anilines is 1. The number of amides is 2. The van der Waals surface area contributed by atoms with Crippen molar-refractivity contribution in [3.8, 4) is 0 Å². The first kappa shape index (κ1) is 12.9. The first-order valence-corrected chi connectivity index (χ1v) is 6.33. The quantitative estimate of drug-likeness (QED) is 0.830. The molecular weight excluding hydrogens is 228 g/mol. The van der Waals surface area contributed by atoms with Crippen LogP contribution in [0.15, 0.2) is 24.3 Å². The van der Waals surface area contributed by atoms with E-state index in [0.717, 1.165) is 11.3 Å². The lowest BCUT2D eigenvalue weighted by molar-refractivity contribution is -0.0530. The van der Waals surface area contributed by atoms with E-state index in [1.807, 2.05) is 49.9 Å². The van der Waals surface area contributed by atoms with Gasteiger partial charge in [-0.15, -0.1) is 0 Å². The molecule has 1 aromatic carbocycles. The molecule has 1 aliphatic rings. The minimum absolute atomic E-state index is 0.0497. The van der Waals surface area contributed by atoms with Gasteiger partial charge in [0.05, 0.1) is 12.2 Å². The summed E-state index contributed by atoms with van der Waals surface area (Å²) in [6.07, 6.45) is 0.188. The molecule has 2 amide bonds. The Hall–Kier alpha value is -1.55. The number of hydrogen-bond donors (Lipinski definition) is 1. The van der Waals surface area contributed by atoms with Crippen LogP contribution >= 0.6 is 0 Å². The third kappa shape index (κ3) is 3.01. The summed E-state index contributed by atoms with van der Waals surface area (Å²) in [5.74, 6) is 0. The molecule has 1 aliphatic heterocycles. The van der Waals surface area contributed by atoms with E-state index >= 15 is 0 Å². The molecule has 0 bridgehead atoms. The largest absolute Gasteiger partial charge is 0.372 e. The lowest BCUT2D eigenvalue weighted by Crippen LogP contribution is -2.49. The summed E-state index contributed by atoms with van der Waals surface area (Å²) in [6.45, 7) is 7.25. The van der Waals surface area contributed by atoms with E-state index in [4.69, 9.17) is 4.74 Å². The number of carbonyl (C=O) groups excluding carboxylic acids is 1. The van der Waals surface area contributed by atoms with Gasteiger partial charge >= 0.3 is 6.03 Å². The Bertz CT molecular complexity index is 424. The number of benzene rings is 1. The van der Waals surface area contributed by atoms with E-state index in [1.54, 1.807) is 0 Å². The van der Waals surface area contributed by atoms with Crippen molar-refractivity contribution in [2.45, 2.75) is 33.0 Å². The number of morpholine rings is 1. The van der Waals surface area contributed by atoms with Crippen molar-refractivity contribution in [3.05, 3.63) is 29.8 Å². The number of nitrogens with zero attached hydrogens (tertiary/aromatic N) is 1. The maximum Gasteiger partial charge on any atom is 0.322 e. The molecule has 1 heterocycles. The summed E-state index contributed by atoms with van der Waals surface area (Å²) in [7, 11) is 0. The molecule has 0 saturated carbocycles. The first-order chi connectivity index (χ1) is 8.56. The van der Waals surface area contributed by atoms with Gasteiger partial charge in [-0.05, 0) is 32.4 Å². The number of carbonyl (C=O) groups is 1. The zero-order valence-corrected chi connectivity index (χ0v) is 11.1.